The SMILES string of the molecule is COc1cc(/C(C)=N/O)ccc1OCCSC. The molecule has 0 aromatic heterocycles. The molecule has 0 atom stereocenters. The first-order valence-corrected chi connectivity index (χ1v) is 6.61. The minimum Gasteiger partial charge on any atom is -0.493 e. The van der Waals surface area contributed by atoms with E-state index in [0.717, 1.165) is 11.3 Å². The molecule has 0 fully saturated rings. The Bertz CT molecular complexity index is 393. The predicted octanol–water partition coefficient (Wildman–Crippen LogP) is 2.64. The van der Waals surface area contributed by atoms with Crippen molar-refractivity contribution in [1.29, 1.82) is 0 Å². The highest BCUT2D eigenvalue weighted by Gasteiger charge is 2.07. The maximum Gasteiger partial charge on any atom is 0.161 e. The van der Waals surface area contributed by atoms with Crippen LogP contribution in [0.15, 0.2) is 23.4 Å². The Morgan fingerprint density at radius 2 is 2.18 bits per heavy atom. The Kier molecular flexibility index (Phi) is 5.69. The fraction of sp³-hybridized carbons (Fsp3) is 0.417. The Morgan fingerprint density at radius 3 is 2.76 bits per heavy atom. The van der Waals surface area contributed by atoms with Crippen LogP contribution in [-0.4, -0.2) is 36.6 Å². The van der Waals surface area contributed by atoms with E-state index < -0.39 is 0 Å². The zero-order valence-corrected chi connectivity index (χ0v) is 11.1. The molecule has 0 spiro atoms. The minimum atomic E-state index is 0.541. The normalized spacial score (nSPS) is 11.4. The van der Waals surface area contributed by atoms with Crippen molar-refractivity contribution in [2.24, 2.45) is 5.16 Å². The van der Waals surface area contributed by atoms with Gasteiger partial charge in [0.15, 0.2) is 11.5 Å². The van der Waals surface area contributed by atoms with Crippen LogP contribution in [-0.2, 0) is 0 Å². The first kappa shape index (κ1) is 13.7. The summed E-state index contributed by atoms with van der Waals surface area (Å²) in [4.78, 5) is 0. The molecule has 0 radical (unpaired) electrons. The van der Waals surface area contributed by atoms with Crippen LogP contribution in [0.3, 0.4) is 0 Å². The number of hydrogen-bond acceptors (Lipinski definition) is 5. The van der Waals surface area contributed by atoms with Crippen molar-refractivity contribution in [1.82, 2.24) is 0 Å². The van der Waals surface area contributed by atoms with Crippen molar-refractivity contribution in [2.75, 3.05) is 25.7 Å². The van der Waals surface area contributed by atoms with Gasteiger partial charge in [0.25, 0.3) is 0 Å². The lowest BCUT2D eigenvalue weighted by Crippen LogP contribution is -2.03. The topological polar surface area (TPSA) is 51.0 Å². The number of rotatable bonds is 6. The standard InChI is InChI=1S/C12H17NO3S/c1-9(13-14)10-4-5-11(12(8-10)15-2)16-6-7-17-3/h4-5,8,14H,6-7H2,1-3H3/b13-9+. The van der Waals surface area contributed by atoms with Gasteiger partial charge in [-0.25, -0.2) is 0 Å². The summed E-state index contributed by atoms with van der Waals surface area (Å²) in [5.41, 5.74) is 1.35. The number of methoxy groups -OCH3 is 1. The van der Waals surface area contributed by atoms with Crippen molar-refractivity contribution in [3.63, 3.8) is 0 Å². The molecular formula is C12H17NO3S. The zero-order valence-electron chi connectivity index (χ0n) is 10.3. The lowest BCUT2D eigenvalue weighted by molar-refractivity contribution is 0.313. The molecule has 0 aliphatic heterocycles. The van der Waals surface area contributed by atoms with Gasteiger partial charge >= 0.3 is 0 Å². The summed E-state index contributed by atoms with van der Waals surface area (Å²) >= 11 is 1.73. The summed E-state index contributed by atoms with van der Waals surface area (Å²) in [6, 6.07) is 5.46. The van der Waals surface area contributed by atoms with Gasteiger partial charge in [0.1, 0.15) is 0 Å². The predicted molar refractivity (Wildman–Crippen MR) is 70.9 cm³/mol. The monoisotopic (exact) mass is 255 g/mol. The van der Waals surface area contributed by atoms with Crippen LogP contribution in [0.1, 0.15) is 12.5 Å². The highest BCUT2D eigenvalue weighted by Crippen LogP contribution is 2.28. The van der Waals surface area contributed by atoms with Crippen molar-refractivity contribution < 1.29 is 14.7 Å². The van der Waals surface area contributed by atoms with Gasteiger partial charge in [-0.2, -0.15) is 11.8 Å². The van der Waals surface area contributed by atoms with E-state index in [1.807, 2.05) is 18.4 Å². The van der Waals surface area contributed by atoms with Gasteiger partial charge in [-0.05, 0) is 31.4 Å². The highest BCUT2D eigenvalue weighted by molar-refractivity contribution is 7.98. The molecular weight excluding hydrogens is 238 g/mol. The molecule has 0 amide bonds. The van der Waals surface area contributed by atoms with Crippen LogP contribution < -0.4 is 9.47 Å². The molecule has 94 valence electrons. The lowest BCUT2D eigenvalue weighted by Gasteiger charge is -2.11. The summed E-state index contributed by atoms with van der Waals surface area (Å²) in [5.74, 6) is 2.28. The summed E-state index contributed by atoms with van der Waals surface area (Å²) in [5, 5.41) is 11.9. The maximum absolute atomic E-state index is 8.71. The molecule has 4 nitrogen and oxygen atoms in total. The number of oxime groups is 1. The van der Waals surface area contributed by atoms with Crippen LogP contribution >= 0.6 is 11.8 Å². The van der Waals surface area contributed by atoms with E-state index in [1.165, 1.54) is 0 Å². The van der Waals surface area contributed by atoms with Crippen LogP contribution in [0.2, 0.25) is 0 Å². The molecule has 0 unspecified atom stereocenters. The third-order valence-electron chi connectivity index (χ3n) is 2.28. The molecule has 1 aromatic carbocycles. The van der Waals surface area contributed by atoms with E-state index in [0.29, 0.717) is 23.8 Å². The third-order valence-corrected chi connectivity index (χ3v) is 2.85. The molecule has 0 heterocycles. The second-order valence-electron chi connectivity index (χ2n) is 3.39. The van der Waals surface area contributed by atoms with E-state index in [-0.39, 0.29) is 0 Å². The number of hydrogen-bond donors (Lipinski definition) is 1. The van der Waals surface area contributed by atoms with Gasteiger partial charge < -0.3 is 14.7 Å². The van der Waals surface area contributed by atoms with E-state index >= 15 is 0 Å². The largest absolute Gasteiger partial charge is 0.493 e. The smallest absolute Gasteiger partial charge is 0.161 e. The maximum atomic E-state index is 8.71. The molecule has 1 rings (SSSR count). The van der Waals surface area contributed by atoms with Crippen LogP contribution in [0, 0.1) is 0 Å². The molecule has 0 aliphatic rings. The fourth-order valence-electron chi connectivity index (χ4n) is 1.30. The van der Waals surface area contributed by atoms with Crippen molar-refractivity contribution >= 4 is 17.5 Å². The molecule has 0 saturated heterocycles. The Balaban J connectivity index is 2.85. The number of ether oxygens (including phenoxy) is 2. The second-order valence-corrected chi connectivity index (χ2v) is 4.38. The summed E-state index contributed by atoms with van der Waals surface area (Å²) < 4.78 is 10.8. The first-order valence-electron chi connectivity index (χ1n) is 5.21. The summed E-state index contributed by atoms with van der Waals surface area (Å²) in [6.07, 6.45) is 2.03. The first-order chi connectivity index (χ1) is 8.22. The molecule has 1 aromatic rings. The van der Waals surface area contributed by atoms with Crippen molar-refractivity contribution in [3.8, 4) is 11.5 Å². The number of benzene rings is 1. The average molecular weight is 255 g/mol. The van der Waals surface area contributed by atoms with Crippen molar-refractivity contribution in [2.45, 2.75) is 6.92 Å². The molecule has 17 heavy (non-hydrogen) atoms. The molecule has 5 heteroatoms. The van der Waals surface area contributed by atoms with Crippen LogP contribution in [0.25, 0.3) is 0 Å². The second kappa shape index (κ2) is 7.06. The Hall–Kier alpha value is -1.36. The average Bonchev–Trinajstić information content (AvgIpc) is 2.38. The molecule has 0 saturated carbocycles. The van der Waals surface area contributed by atoms with Gasteiger partial charge in [0.05, 0.1) is 19.4 Å². The Morgan fingerprint density at radius 1 is 1.41 bits per heavy atom. The fourth-order valence-corrected chi connectivity index (χ4v) is 1.55. The van der Waals surface area contributed by atoms with E-state index in [2.05, 4.69) is 5.16 Å². The molecule has 0 bridgehead atoms. The third kappa shape index (κ3) is 3.85. The summed E-state index contributed by atoms with van der Waals surface area (Å²) in [7, 11) is 1.59. The van der Waals surface area contributed by atoms with Crippen LogP contribution in [0.4, 0.5) is 0 Å². The minimum absolute atomic E-state index is 0.541. The zero-order chi connectivity index (χ0) is 12.7. The molecule has 1 N–H and O–H groups in total. The van der Waals surface area contributed by atoms with Gasteiger partial charge in [0, 0.05) is 11.3 Å². The number of nitrogens with zero attached hydrogens (tertiary/aromatic N) is 1. The summed E-state index contributed by atoms with van der Waals surface area (Å²) in [6.45, 7) is 2.37. The van der Waals surface area contributed by atoms with Gasteiger partial charge in [-0.1, -0.05) is 5.16 Å². The van der Waals surface area contributed by atoms with E-state index in [1.54, 1.807) is 31.9 Å². The highest BCUT2D eigenvalue weighted by atomic mass is 32.2. The van der Waals surface area contributed by atoms with Gasteiger partial charge in [-0.3, -0.25) is 0 Å². The van der Waals surface area contributed by atoms with Crippen molar-refractivity contribution in [3.05, 3.63) is 23.8 Å². The lowest BCUT2D eigenvalue weighted by atomic mass is 10.1. The van der Waals surface area contributed by atoms with E-state index in [9.17, 15) is 0 Å². The molecule has 0 aliphatic carbocycles. The Labute approximate surface area is 106 Å². The van der Waals surface area contributed by atoms with Crippen LogP contribution in [0.5, 0.6) is 11.5 Å². The van der Waals surface area contributed by atoms with Gasteiger partial charge in [-0.15, -0.1) is 0 Å². The van der Waals surface area contributed by atoms with Gasteiger partial charge in [0.2, 0.25) is 0 Å². The number of thioether (sulfide) groups is 1. The quantitative estimate of drug-likeness (QED) is 0.367. The van der Waals surface area contributed by atoms with E-state index in [4.69, 9.17) is 14.7 Å².